The lowest BCUT2D eigenvalue weighted by atomic mass is 10.1. The Morgan fingerprint density at radius 3 is 2.66 bits per heavy atom. The van der Waals surface area contributed by atoms with Gasteiger partial charge in [-0.1, -0.05) is 17.7 Å². The summed E-state index contributed by atoms with van der Waals surface area (Å²) in [6.45, 7) is 3.75. The van der Waals surface area contributed by atoms with Crippen molar-refractivity contribution in [2.24, 2.45) is 5.92 Å². The zero-order valence-corrected chi connectivity index (χ0v) is 19.6. The number of nitrogens with zero attached hydrogens (tertiary/aromatic N) is 1. The Morgan fingerprint density at radius 2 is 1.94 bits per heavy atom. The van der Waals surface area contributed by atoms with E-state index in [0.717, 1.165) is 29.7 Å². The zero-order valence-electron chi connectivity index (χ0n) is 18.0. The lowest BCUT2D eigenvalue weighted by molar-refractivity contribution is -0.120. The van der Waals surface area contributed by atoms with Gasteiger partial charge in [-0.05, 0) is 74.6 Å². The fourth-order valence-electron chi connectivity index (χ4n) is 3.98. The van der Waals surface area contributed by atoms with E-state index in [9.17, 15) is 18.0 Å². The van der Waals surface area contributed by atoms with Crippen LogP contribution in [0.15, 0.2) is 41.3 Å². The number of rotatable bonds is 7. The fraction of sp³-hybridized carbons (Fsp3) is 0.391. The summed E-state index contributed by atoms with van der Waals surface area (Å²) >= 11 is 6.06. The molecule has 1 aliphatic carbocycles. The minimum atomic E-state index is -3.78. The molecule has 7 nitrogen and oxygen atoms in total. The van der Waals surface area contributed by atoms with Crippen LogP contribution >= 0.6 is 11.6 Å². The monoisotopic (exact) mass is 475 g/mol. The Labute approximate surface area is 193 Å². The molecule has 0 radical (unpaired) electrons. The van der Waals surface area contributed by atoms with Gasteiger partial charge in [0.05, 0.1) is 4.90 Å². The summed E-state index contributed by atoms with van der Waals surface area (Å²) < 4.78 is 28.0. The molecule has 2 aromatic carbocycles. The van der Waals surface area contributed by atoms with Crippen LogP contribution in [-0.2, 0) is 26.0 Å². The van der Waals surface area contributed by atoms with Crippen molar-refractivity contribution in [3.05, 3.63) is 52.5 Å². The second-order valence-corrected chi connectivity index (χ2v) is 10.6. The third-order valence-electron chi connectivity index (χ3n) is 5.93. The number of sulfonamides is 1. The predicted octanol–water partition coefficient (Wildman–Crippen LogP) is 3.64. The number of amides is 2. The second kappa shape index (κ2) is 8.84. The Bertz CT molecular complexity index is 1180. The summed E-state index contributed by atoms with van der Waals surface area (Å²) in [6.07, 6.45) is 2.46. The van der Waals surface area contributed by atoms with Crippen LogP contribution in [0.25, 0.3) is 0 Å². The SMILES string of the molecule is Cc1c(Cl)cccc1NC(=O)CCNS(=O)(=O)c1ccc2c(c1)C[C@@H](C)N2C(=O)C1CC1. The van der Waals surface area contributed by atoms with E-state index in [1.165, 1.54) is 6.07 Å². The maximum Gasteiger partial charge on any atom is 0.240 e. The number of hydrogen-bond acceptors (Lipinski definition) is 4. The first-order valence-corrected chi connectivity index (χ1v) is 12.5. The summed E-state index contributed by atoms with van der Waals surface area (Å²) in [5.74, 6) is -0.0728. The van der Waals surface area contributed by atoms with Gasteiger partial charge in [-0.2, -0.15) is 0 Å². The van der Waals surface area contributed by atoms with Crippen LogP contribution in [0.5, 0.6) is 0 Å². The molecule has 32 heavy (non-hydrogen) atoms. The van der Waals surface area contributed by atoms with Crippen LogP contribution in [0, 0.1) is 12.8 Å². The molecule has 170 valence electrons. The van der Waals surface area contributed by atoms with Crippen LogP contribution < -0.4 is 14.9 Å². The summed E-state index contributed by atoms with van der Waals surface area (Å²) in [4.78, 5) is 26.7. The molecular weight excluding hydrogens is 450 g/mol. The van der Waals surface area contributed by atoms with Crippen molar-refractivity contribution >= 4 is 44.8 Å². The van der Waals surface area contributed by atoms with Gasteiger partial charge in [0.1, 0.15) is 0 Å². The van der Waals surface area contributed by atoms with Crippen molar-refractivity contribution in [1.29, 1.82) is 0 Å². The van der Waals surface area contributed by atoms with Crippen molar-refractivity contribution in [2.45, 2.75) is 50.5 Å². The first kappa shape index (κ1) is 22.8. The average molecular weight is 476 g/mol. The quantitative estimate of drug-likeness (QED) is 0.639. The van der Waals surface area contributed by atoms with Crippen LogP contribution in [0.1, 0.15) is 37.3 Å². The van der Waals surface area contributed by atoms with Crippen molar-refractivity contribution in [1.82, 2.24) is 4.72 Å². The molecular formula is C23H26ClN3O4S. The van der Waals surface area contributed by atoms with Gasteiger partial charge < -0.3 is 10.2 Å². The Kier molecular flexibility index (Phi) is 6.29. The highest BCUT2D eigenvalue weighted by Gasteiger charge is 2.39. The van der Waals surface area contributed by atoms with E-state index in [0.29, 0.717) is 17.1 Å². The largest absolute Gasteiger partial charge is 0.326 e. The fourth-order valence-corrected chi connectivity index (χ4v) is 5.23. The molecule has 0 spiro atoms. The third-order valence-corrected chi connectivity index (χ3v) is 7.80. The van der Waals surface area contributed by atoms with Crippen molar-refractivity contribution < 1.29 is 18.0 Å². The number of nitrogens with one attached hydrogen (secondary N) is 2. The number of fused-ring (bicyclic) bond motifs is 1. The number of hydrogen-bond donors (Lipinski definition) is 2. The average Bonchev–Trinajstić information content (AvgIpc) is 3.53. The normalized spacial score (nSPS) is 17.8. The van der Waals surface area contributed by atoms with Gasteiger partial charge in [0.25, 0.3) is 0 Å². The topological polar surface area (TPSA) is 95.6 Å². The molecule has 4 rings (SSSR count). The van der Waals surface area contributed by atoms with E-state index in [4.69, 9.17) is 11.6 Å². The maximum atomic E-state index is 12.7. The molecule has 1 heterocycles. The number of halogens is 1. The summed E-state index contributed by atoms with van der Waals surface area (Å²) in [5.41, 5.74) is 3.00. The van der Waals surface area contributed by atoms with Gasteiger partial charge in [0.15, 0.2) is 0 Å². The molecule has 0 aromatic heterocycles. The molecule has 0 unspecified atom stereocenters. The summed E-state index contributed by atoms with van der Waals surface area (Å²) in [6, 6.07) is 10.1. The lowest BCUT2D eigenvalue weighted by Gasteiger charge is -2.22. The molecule has 2 aliphatic rings. The van der Waals surface area contributed by atoms with E-state index in [-0.39, 0.29) is 41.6 Å². The highest BCUT2D eigenvalue weighted by molar-refractivity contribution is 7.89. The van der Waals surface area contributed by atoms with Crippen LogP contribution in [0.2, 0.25) is 5.02 Å². The van der Waals surface area contributed by atoms with Crippen LogP contribution in [0.3, 0.4) is 0 Å². The Balaban J connectivity index is 1.38. The molecule has 2 amide bonds. The zero-order chi connectivity index (χ0) is 23.0. The van der Waals surface area contributed by atoms with Crippen LogP contribution in [-0.4, -0.2) is 32.8 Å². The van der Waals surface area contributed by atoms with Gasteiger partial charge in [0.2, 0.25) is 21.8 Å². The van der Waals surface area contributed by atoms with Gasteiger partial charge in [-0.3, -0.25) is 9.59 Å². The van der Waals surface area contributed by atoms with Gasteiger partial charge in [-0.15, -0.1) is 0 Å². The number of carbonyl (C=O) groups excluding carboxylic acids is 2. The Hall–Kier alpha value is -2.42. The maximum absolute atomic E-state index is 12.7. The highest BCUT2D eigenvalue weighted by atomic mass is 35.5. The molecule has 2 N–H and O–H groups in total. The van der Waals surface area contributed by atoms with Crippen molar-refractivity contribution in [3.8, 4) is 0 Å². The molecule has 9 heteroatoms. The highest BCUT2D eigenvalue weighted by Crippen LogP contribution is 2.39. The minimum absolute atomic E-state index is 0.0163. The first-order valence-electron chi connectivity index (χ1n) is 10.7. The van der Waals surface area contributed by atoms with Gasteiger partial charge >= 0.3 is 0 Å². The van der Waals surface area contributed by atoms with E-state index in [1.807, 2.05) is 6.92 Å². The second-order valence-electron chi connectivity index (χ2n) is 8.43. The predicted molar refractivity (Wildman–Crippen MR) is 124 cm³/mol. The van der Waals surface area contributed by atoms with Gasteiger partial charge in [-0.25, -0.2) is 13.1 Å². The molecule has 1 atom stereocenters. The van der Waals surface area contributed by atoms with Crippen molar-refractivity contribution in [3.63, 3.8) is 0 Å². The number of carbonyl (C=O) groups is 2. The first-order chi connectivity index (χ1) is 15.2. The summed E-state index contributed by atoms with van der Waals surface area (Å²) in [7, 11) is -3.78. The molecule has 1 fully saturated rings. The van der Waals surface area contributed by atoms with E-state index < -0.39 is 10.0 Å². The third kappa shape index (κ3) is 4.67. The minimum Gasteiger partial charge on any atom is -0.326 e. The number of benzene rings is 2. The molecule has 1 aliphatic heterocycles. The summed E-state index contributed by atoms with van der Waals surface area (Å²) in [5, 5.41) is 3.30. The standard InChI is InChI=1S/C23H26ClN3O4S/c1-14-12-17-13-18(8-9-21(17)27(14)23(29)16-6-7-16)32(30,31)25-11-10-22(28)26-20-5-3-4-19(24)15(20)2/h3-5,8-9,13-14,16,25H,6-7,10-12H2,1-2H3,(H,26,28)/t14-/m1/s1. The Morgan fingerprint density at radius 1 is 1.19 bits per heavy atom. The molecule has 1 saturated carbocycles. The smallest absolute Gasteiger partial charge is 0.240 e. The van der Waals surface area contributed by atoms with E-state index in [2.05, 4.69) is 10.0 Å². The number of anilines is 2. The van der Waals surface area contributed by atoms with Crippen LogP contribution in [0.4, 0.5) is 11.4 Å². The lowest BCUT2D eigenvalue weighted by Crippen LogP contribution is -2.36. The van der Waals surface area contributed by atoms with E-state index in [1.54, 1.807) is 42.2 Å². The van der Waals surface area contributed by atoms with Gasteiger partial charge in [0, 0.05) is 41.3 Å². The molecule has 2 aromatic rings. The molecule has 0 bridgehead atoms. The van der Waals surface area contributed by atoms with E-state index >= 15 is 0 Å². The molecule has 0 saturated heterocycles. The van der Waals surface area contributed by atoms with Crippen molar-refractivity contribution in [2.75, 3.05) is 16.8 Å².